The van der Waals surface area contributed by atoms with E-state index in [4.69, 9.17) is 4.52 Å². The average Bonchev–Trinajstić information content (AvgIpc) is 3.13. The minimum atomic E-state index is -0.527. The van der Waals surface area contributed by atoms with Gasteiger partial charge in [0.25, 0.3) is 0 Å². The number of aliphatic hydroxyl groups excluding tert-OH is 1. The van der Waals surface area contributed by atoms with Gasteiger partial charge in [0.1, 0.15) is 0 Å². The summed E-state index contributed by atoms with van der Waals surface area (Å²) >= 11 is 0. The van der Waals surface area contributed by atoms with Crippen molar-refractivity contribution in [3.63, 3.8) is 0 Å². The number of rotatable bonds is 5. The summed E-state index contributed by atoms with van der Waals surface area (Å²) in [5.41, 5.74) is 2.08. The Bertz CT molecular complexity index is 885. The quantitative estimate of drug-likeness (QED) is 0.706. The fourth-order valence-electron chi connectivity index (χ4n) is 3.29. The number of aromatic nitrogens is 4. The van der Waals surface area contributed by atoms with Gasteiger partial charge in [-0.05, 0) is 25.0 Å². The molecule has 1 aromatic carbocycles. The smallest absolute Gasteiger partial charge is 0.241 e. The molecule has 1 saturated heterocycles. The third-order valence-electron chi connectivity index (χ3n) is 4.76. The van der Waals surface area contributed by atoms with Gasteiger partial charge < -0.3 is 14.9 Å². The summed E-state index contributed by atoms with van der Waals surface area (Å²) in [5, 5.41) is 17.8. The largest absolute Gasteiger partial charge is 0.390 e. The fraction of sp³-hybridized carbons (Fsp3) is 0.368. The first kappa shape index (κ1) is 17.6. The van der Waals surface area contributed by atoms with Crippen molar-refractivity contribution >= 4 is 5.95 Å². The van der Waals surface area contributed by atoms with Crippen LogP contribution in [0.3, 0.4) is 0 Å². The number of likely N-dealkylation sites (tertiary alicyclic amines) is 1. The van der Waals surface area contributed by atoms with Gasteiger partial charge in [0.15, 0.2) is 0 Å². The molecule has 2 N–H and O–H groups in total. The first-order valence-corrected chi connectivity index (χ1v) is 9.01. The Balaban J connectivity index is 1.36. The zero-order valence-electron chi connectivity index (χ0n) is 15.1. The molecule has 0 spiro atoms. The maximum Gasteiger partial charge on any atom is 0.241 e. The molecule has 0 saturated carbocycles. The van der Waals surface area contributed by atoms with Crippen molar-refractivity contribution in [3.05, 3.63) is 54.2 Å². The number of aliphatic hydroxyl groups is 1. The molecular formula is C19H22N6O2. The summed E-state index contributed by atoms with van der Waals surface area (Å²) in [7, 11) is 0. The van der Waals surface area contributed by atoms with Crippen LogP contribution in [0.5, 0.6) is 0 Å². The lowest BCUT2D eigenvalue weighted by molar-refractivity contribution is 0.0509. The molecule has 8 heteroatoms. The molecule has 27 heavy (non-hydrogen) atoms. The van der Waals surface area contributed by atoms with Gasteiger partial charge in [-0.3, -0.25) is 4.90 Å². The predicted molar refractivity (Wildman–Crippen MR) is 99.8 cm³/mol. The number of hydrogen-bond donors (Lipinski definition) is 2. The summed E-state index contributed by atoms with van der Waals surface area (Å²) in [6, 6.07) is 9.64. The van der Waals surface area contributed by atoms with Crippen LogP contribution in [0.1, 0.15) is 17.9 Å². The number of nitrogens with one attached hydrogen (secondary N) is 1. The van der Waals surface area contributed by atoms with Crippen LogP contribution in [0.25, 0.3) is 11.4 Å². The Morgan fingerprint density at radius 1 is 1.22 bits per heavy atom. The van der Waals surface area contributed by atoms with Gasteiger partial charge in [0, 0.05) is 31.0 Å². The van der Waals surface area contributed by atoms with Crippen LogP contribution in [0.2, 0.25) is 0 Å². The summed E-state index contributed by atoms with van der Waals surface area (Å²) in [6.45, 7) is 3.87. The van der Waals surface area contributed by atoms with E-state index in [-0.39, 0.29) is 6.04 Å². The van der Waals surface area contributed by atoms with Gasteiger partial charge in [0.2, 0.25) is 17.7 Å². The molecule has 0 aliphatic carbocycles. The van der Waals surface area contributed by atoms with Crippen LogP contribution < -0.4 is 5.32 Å². The molecule has 0 amide bonds. The number of nitrogens with zero attached hydrogens (tertiary/aromatic N) is 5. The summed E-state index contributed by atoms with van der Waals surface area (Å²) in [4.78, 5) is 14.9. The molecule has 1 fully saturated rings. The molecule has 0 bridgehead atoms. The van der Waals surface area contributed by atoms with Crippen molar-refractivity contribution in [2.24, 2.45) is 0 Å². The Morgan fingerprint density at radius 2 is 2.04 bits per heavy atom. The molecule has 2 aromatic heterocycles. The van der Waals surface area contributed by atoms with Crippen molar-refractivity contribution < 1.29 is 9.63 Å². The predicted octanol–water partition coefficient (Wildman–Crippen LogP) is 1.88. The monoisotopic (exact) mass is 366 g/mol. The van der Waals surface area contributed by atoms with Crippen LogP contribution >= 0.6 is 0 Å². The zero-order chi connectivity index (χ0) is 18.6. The highest BCUT2D eigenvalue weighted by molar-refractivity contribution is 5.58. The maximum atomic E-state index is 10.5. The molecule has 8 nitrogen and oxygen atoms in total. The Hall–Kier alpha value is -2.84. The number of hydrogen-bond acceptors (Lipinski definition) is 8. The third-order valence-corrected chi connectivity index (χ3v) is 4.76. The first-order chi connectivity index (χ1) is 13.2. The van der Waals surface area contributed by atoms with Crippen molar-refractivity contribution in [1.82, 2.24) is 25.0 Å². The van der Waals surface area contributed by atoms with E-state index >= 15 is 0 Å². The Morgan fingerprint density at radius 3 is 2.81 bits per heavy atom. The molecular weight excluding hydrogens is 344 g/mol. The average molecular weight is 366 g/mol. The third kappa shape index (κ3) is 4.12. The highest BCUT2D eigenvalue weighted by Crippen LogP contribution is 2.21. The first-order valence-electron chi connectivity index (χ1n) is 9.01. The second-order valence-corrected chi connectivity index (χ2v) is 6.74. The molecule has 1 aliphatic heterocycles. The second kappa shape index (κ2) is 7.81. The summed E-state index contributed by atoms with van der Waals surface area (Å²) < 4.78 is 5.41. The van der Waals surface area contributed by atoms with E-state index in [1.807, 2.05) is 31.2 Å². The molecule has 3 aromatic rings. The number of aryl methyl sites for hydroxylation is 1. The molecule has 2 atom stereocenters. The Kier molecular flexibility index (Phi) is 5.08. The van der Waals surface area contributed by atoms with E-state index in [0.717, 1.165) is 24.1 Å². The van der Waals surface area contributed by atoms with E-state index in [1.165, 1.54) is 0 Å². The summed E-state index contributed by atoms with van der Waals surface area (Å²) in [5.74, 6) is 1.69. The lowest BCUT2D eigenvalue weighted by Crippen LogP contribution is -2.49. The van der Waals surface area contributed by atoms with Gasteiger partial charge in [-0.1, -0.05) is 29.4 Å². The number of anilines is 1. The topological polar surface area (TPSA) is 100 Å². The van der Waals surface area contributed by atoms with Gasteiger partial charge in [0.05, 0.1) is 18.7 Å². The summed E-state index contributed by atoms with van der Waals surface area (Å²) in [6.07, 6.45) is 3.61. The standard InChI is InChI=1S/C19H22N6O2/c1-13-5-2-3-6-14(13)18-23-17(27-24-18)12-25-10-7-15(16(26)11-25)22-19-20-8-4-9-21-19/h2-6,8-9,15-16,26H,7,10-12H2,1H3,(H,20,21,22)/t15-,16-/m1/s1. The van der Waals surface area contributed by atoms with Crippen LogP contribution in [0, 0.1) is 6.92 Å². The molecule has 4 rings (SSSR count). The molecule has 3 heterocycles. The van der Waals surface area contributed by atoms with Crippen LogP contribution in [0.4, 0.5) is 5.95 Å². The van der Waals surface area contributed by atoms with Crippen molar-refractivity contribution in [1.29, 1.82) is 0 Å². The van der Waals surface area contributed by atoms with E-state index in [9.17, 15) is 5.11 Å². The molecule has 140 valence electrons. The molecule has 1 aliphatic rings. The van der Waals surface area contributed by atoms with E-state index in [1.54, 1.807) is 18.5 Å². The van der Waals surface area contributed by atoms with Crippen LogP contribution in [0.15, 0.2) is 47.2 Å². The minimum Gasteiger partial charge on any atom is -0.390 e. The second-order valence-electron chi connectivity index (χ2n) is 6.74. The fourth-order valence-corrected chi connectivity index (χ4v) is 3.29. The van der Waals surface area contributed by atoms with Crippen molar-refractivity contribution in [3.8, 4) is 11.4 Å². The maximum absolute atomic E-state index is 10.5. The van der Waals surface area contributed by atoms with E-state index < -0.39 is 6.10 Å². The Labute approximate surface area is 157 Å². The van der Waals surface area contributed by atoms with E-state index in [2.05, 4.69) is 30.3 Å². The molecule has 0 radical (unpaired) electrons. The lowest BCUT2D eigenvalue weighted by atomic mass is 10.0. The number of piperidine rings is 1. The highest BCUT2D eigenvalue weighted by atomic mass is 16.5. The van der Waals surface area contributed by atoms with Crippen molar-refractivity contribution in [2.75, 3.05) is 18.4 Å². The van der Waals surface area contributed by atoms with Gasteiger partial charge in [-0.2, -0.15) is 4.98 Å². The van der Waals surface area contributed by atoms with E-state index in [0.29, 0.717) is 30.8 Å². The lowest BCUT2D eigenvalue weighted by Gasteiger charge is -2.35. The highest BCUT2D eigenvalue weighted by Gasteiger charge is 2.29. The van der Waals surface area contributed by atoms with Crippen LogP contribution in [-0.4, -0.2) is 55.4 Å². The SMILES string of the molecule is Cc1ccccc1-c1noc(CN2CC[C@@H](Nc3ncccn3)[C@H](O)C2)n1. The normalized spacial score (nSPS) is 20.5. The van der Waals surface area contributed by atoms with Gasteiger partial charge in [-0.25, -0.2) is 9.97 Å². The minimum absolute atomic E-state index is 0.0751. The molecule has 0 unspecified atom stereocenters. The number of β-amino-alcohol motifs (C(OH)–C–C–N with tert-alkyl or cyclic N) is 1. The van der Waals surface area contributed by atoms with Gasteiger partial charge >= 0.3 is 0 Å². The zero-order valence-corrected chi connectivity index (χ0v) is 15.1. The van der Waals surface area contributed by atoms with Crippen molar-refractivity contribution in [2.45, 2.75) is 32.0 Å². The van der Waals surface area contributed by atoms with Gasteiger partial charge in [-0.15, -0.1) is 0 Å². The van der Waals surface area contributed by atoms with Crippen LogP contribution in [-0.2, 0) is 6.54 Å². The number of benzene rings is 1.